The van der Waals surface area contributed by atoms with Crippen molar-refractivity contribution in [2.75, 3.05) is 6.26 Å². The van der Waals surface area contributed by atoms with Gasteiger partial charge in [-0.15, -0.1) is 0 Å². The Balaban J connectivity index is 2.08. The van der Waals surface area contributed by atoms with Crippen LogP contribution in [-0.2, 0) is 16.3 Å². The minimum Gasteiger partial charge on any atom is -0.346 e. The van der Waals surface area contributed by atoms with Crippen molar-refractivity contribution in [3.63, 3.8) is 0 Å². The Bertz CT molecular complexity index is 778. The Morgan fingerprint density at radius 2 is 1.61 bits per heavy atom. The molecule has 1 N–H and O–H groups in total. The molecule has 0 bridgehead atoms. The Hall–Kier alpha value is -2.14. The lowest BCUT2D eigenvalue weighted by Gasteiger charge is -2.15. The van der Waals surface area contributed by atoms with Crippen molar-refractivity contribution in [1.29, 1.82) is 0 Å². The van der Waals surface area contributed by atoms with Gasteiger partial charge in [0.2, 0.25) is 0 Å². The fourth-order valence-electron chi connectivity index (χ4n) is 2.26. The van der Waals surface area contributed by atoms with Gasteiger partial charge < -0.3 is 5.32 Å². The predicted molar refractivity (Wildman–Crippen MR) is 91.3 cm³/mol. The number of hydrogen-bond donors (Lipinski definition) is 1. The van der Waals surface area contributed by atoms with E-state index < -0.39 is 9.84 Å². The second-order valence-corrected chi connectivity index (χ2v) is 7.60. The summed E-state index contributed by atoms with van der Waals surface area (Å²) >= 11 is 0. The maximum atomic E-state index is 12.2. The van der Waals surface area contributed by atoms with E-state index in [1.165, 1.54) is 11.8 Å². The van der Waals surface area contributed by atoms with E-state index in [2.05, 4.69) is 12.2 Å². The summed E-state index contributed by atoms with van der Waals surface area (Å²) in [6, 6.07) is 13.9. The number of rotatable bonds is 5. The summed E-state index contributed by atoms with van der Waals surface area (Å²) < 4.78 is 22.9. The lowest BCUT2D eigenvalue weighted by atomic mass is 10.1. The van der Waals surface area contributed by atoms with Crippen molar-refractivity contribution in [3.05, 3.63) is 65.2 Å². The molecular weight excluding hydrogens is 310 g/mol. The van der Waals surface area contributed by atoms with Crippen molar-refractivity contribution < 1.29 is 13.2 Å². The zero-order valence-corrected chi connectivity index (χ0v) is 14.4. The van der Waals surface area contributed by atoms with E-state index in [4.69, 9.17) is 0 Å². The average Bonchev–Trinajstić information content (AvgIpc) is 2.54. The van der Waals surface area contributed by atoms with Crippen LogP contribution in [0.2, 0.25) is 0 Å². The van der Waals surface area contributed by atoms with Crippen LogP contribution in [0, 0.1) is 0 Å². The molecule has 0 aliphatic carbocycles. The zero-order chi connectivity index (χ0) is 17.0. The molecule has 2 rings (SSSR count). The predicted octanol–water partition coefficient (Wildman–Crippen LogP) is 3.14. The SMILES string of the molecule is CCc1ccc(C(=O)NC(C)c2ccc(S(C)(=O)=O)cc2)cc1. The minimum absolute atomic E-state index is 0.146. The molecule has 0 aliphatic rings. The first-order chi connectivity index (χ1) is 10.8. The van der Waals surface area contributed by atoms with E-state index in [9.17, 15) is 13.2 Å². The molecule has 1 atom stereocenters. The Kier molecular flexibility index (Phi) is 5.21. The zero-order valence-electron chi connectivity index (χ0n) is 13.5. The molecule has 4 nitrogen and oxygen atoms in total. The van der Waals surface area contributed by atoms with Gasteiger partial charge in [-0.25, -0.2) is 8.42 Å². The first kappa shape index (κ1) is 17.2. The van der Waals surface area contributed by atoms with Crippen LogP contribution in [0.15, 0.2) is 53.4 Å². The van der Waals surface area contributed by atoms with Gasteiger partial charge in [0.1, 0.15) is 0 Å². The summed E-state index contributed by atoms with van der Waals surface area (Å²) in [6.45, 7) is 3.94. The Morgan fingerprint density at radius 1 is 1.04 bits per heavy atom. The summed E-state index contributed by atoms with van der Waals surface area (Å²) in [5, 5.41) is 2.92. The van der Waals surface area contributed by atoms with E-state index in [-0.39, 0.29) is 16.8 Å². The fourth-order valence-corrected chi connectivity index (χ4v) is 2.89. The van der Waals surface area contributed by atoms with Crippen LogP contribution in [0.25, 0.3) is 0 Å². The maximum absolute atomic E-state index is 12.2. The molecule has 1 unspecified atom stereocenters. The largest absolute Gasteiger partial charge is 0.346 e. The molecule has 0 saturated heterocycles. The lowest BCUT2D eigenvalue weighted by Crippen LogP contribution is -2.26. The molecule has 0 aliphatic heterocycles. The normalized spacial score (nSPS) is 12.7. The number of carbonyl (C=O) groups is 1. The van der Waals surface area contributed by atoms with Crippen molar-refractivity contribution in [3.8, 4) is 0 Å². The fraction of sp³-hybridized carbons (Fsp3) is 0.278. The molecule has 122 valence electrons. The first-order valence-electron chi connectivity index (χ1n) is 7.51. The molecule has 2 aromatic rings. The number of hydrogen-bond acceptors (Lipinski definition) is 3. The molecule has 0 heterocycles. The van der Waals surface area contributed by atoms with Crippen LogP contribution in [0.3, 0.4) is 0 Å². The summed E-state index contributed by atoms with van der Waals surface area (Å²) in [6.07, 6.45) is 2.11. The van der Waals surface area contributed by atoms with Crippen LogP contribution in [0.4, 0.5) is 0 Å². The number of benzene rings is 2. The quantitative estimate of drug-likeness (QED) is 0.915. The minimum atomic E-state index is -3.21. The summed E-state index contributed by atoms with van der Waals surface area (Å²) in [5.41, 5.74) is 2.66. The van der Waals surface area contributed by atoms with Gasteiger partial charge in [0.05, 0.1) is 10.9 Å². The van der Waals surface area contributed by atoms with E-state index >= 15 is 0 Å². The highest BCUT2D eigenvalue weighted by atomic mass is 32.2. The number of carbonyl (C=O) groups excluding carboxylic acids is 1. The topological polar surface area (TPSA) is 63.2 Å². The average molecular weight is 331 g/mol. The molecule has 2 aromatic carbocycles. The van der Waals surface area contributed by atoms with E-state index in [0.717, 1.165) is 12.0 Å². The molecule has 0 aromatic heterocycles. The second-order valence-electron chi connectivity index (χ2n) is 5.59. The third kappa shape index (κ3) is 4.42. The molecule has 0 saturated carbocycles. The molecule has 0 fully saturated rings. The van der Waals surface area contributed by atoms with Crippen LogP contribution >= 0.6 is 0 Å². The maximum Gasteiger partial charge on any atom is 0.251 e. The number of amides is 1. The van der Waals surface area contributed by atoms with Crippen molar-refractivity contribution in [1.82, 2.24) is 5.32 Å². The summed E-state index contributed by atoms with van der Waals surface area (Å²) in [7, 11) is -3.21. The van der Waals surface area contributed by atoms with Gasteiger partial charge in [0, 0.05) is 11.8 Å². The lowest BCUT2D eigenvalue weighted by molar-refractivity contribution is 0.0940. The summed E-state index contributed by atoms with van der Waals surface area (Å²) in [5.74, 6) is -0.146. The monoisotopic (exact) mass is 331 g/mol. The highest BCUT2D eigenvalue weighted by Gasteiger charge is 2.13. The Morgan fingerprint density at radius 3 is 2.09 bits per heavy atom. The molecule has 23 heavy (non-hydrogen) atoms. The van der Waals surface area contributed by atoms with Gasteiger partial charge in [-0.2, -0.15) is 0 Å². The van der Waals surface area contributed by atoms with Crippen molar-refractivity contribution in [2.24, 2.45) is 0 Å². The van der Waals surface area contributed by atoms with Crippen molar-refractivity contribution >= 4 is 15.7 Å². The third-order valence-electron chi connectivity index (χ3n) is 3.78. The molecule has 1 amide bonds. The van der Waals surface area contributed by atoms with Crippen LogP contribution in [0.1, 0.15) is 41.4 Å². The van der Waals surface area contributed by atoms with Gasteiger partial charge in [-0.05, 0) is 48.7 Å². The van der Waals surface area contributed by atoms with Crippen LogP contribution in [0.5, 0.6) is 0 Å². The van der Waals surface area contributed by atoms with Gasteiger partial charge in [-0.3, -0.25) is 4.79 Å². The van der Waals surface area contributed by atoms with E-state index in [1.807, 2.05) is 31.2 Å². The number of sulfone groups is 1. The van der Waals surface area contributed by atoms with Gasteiger partial charge in [0.15, 0.2) is 9.84 Å². The molecular formula is C18H21NO3S. The van der Waals surface area contributed by atoms with Gasteiger partial charge in [-0.1, -0.05) is 31.2 Å². The highest BCUT2D eigenvalue weighted by Crippen LogP contribution is 2.17. The number of aryl methyl sites for hydroxylation is 1. The third-order valence-corrected chi connectivity index (χ3v) is 4.91. The van der Waals surface area contributed by atoms with E-state index in [1.54, 1.807) is 24.3 Å². The Labute approximate surface area is 137 Å². The first-order valence-corrected chi connectivity index (χ1v) is 9.40. The van der Waals surface area contributed by atoms with Gasteiger partial charge in [0.25, 0.3) is 5.91 Å². The van der Waals surface area contributed by atoms with Crippen LogP contribution < -0.4 is 5.32 Å². The summed E-state index contributed by atoms with van der Waals surface area (Å²) in [4.78, 5) is 12.5. The second kappa shape index (κ2) is 6.96. The van der Waals surface area contributed by atoms with E-state index in [0.29, 0.717) is 5.56 Å². The molecule has 5 heteroatoms. The smallest absolute Gasteiger partial charge is 0.251 e. The van der Waals surface area contributed by atoms with Crippen LogP contribution in [-0.4, -0.2) is 20.6 Å². The molecule has 0 radical (unpaired) electrons. The molecule has 0 spiro atoms. The number of nitrogens with one attached hydrogen (secondary N) is 1. The standard InChI is InChI=1S/C18H21NO3S/c1-4-14-5-7-16(8-6-14)18(20)19-13(2)15-9-11-17(12-10-15)23(3,21)22/h5-13H,4H2,1-3H3,(H,19,20). The van der Waals surface area contributed by atoms with Gasteiger partial charge >= 0.3 is 0 Å². The van der Waals surface area contributed by atoms with Crippen molar-refractivity contribution in [2.45, 2.75) is 31.2 Å². The highest BCUT2D eigenvalue weighted by molar-refractivity contribution is 7.90.